The van der Waals surface area contributed by atoms with E-state index in [0.29, 0.717) is 33.0 Å². The van der Waals surface area contributed by atoms with Crippen LogP contribution in [0.25, 0.3) is 21.1 Å². The molecule has 1 saturated heterocycles. The molecule has 3 aromatic heterocycles. The molecule has 1 amide bonds. The quantitative estimate of drug-likeness (QED) is 0.145. The number of carbonyl (C=O) groups is 1. The van der Waals surface area contributed by atoms with Gasteiger partial charge in [-0.25, -0.2) is 9.97 Å². The molecule has 0 bridgehead atoms. The van der Waals surface area contributed by atoms with Gasteiger partial charge in [-0.15, -0.1) is 11.3 Å². The number of aliphatic hydroxyl groups is 1. The number of carbonyl (C=O) groups excluding carboxylic acids is 1. The molecule has 0 spiro atoms. The van der Waals surface area contributed by atoms with Gasteiger partial charge in [-0.2, -0.15) is 18.4 Å². The molecule has 9 nitrogen and oxygen atoms in total. The molecule has 1 unspecified atom stereocenters. The highest BCUT2D eigenvalue weighted by Gasteiger charge is 2.29. The largest absolute Gasteiger partial charge is 0.393 e. The van der Waals surface area contributed by atoms with E-state index in [1.807, 2.05) is 22.8 Å². The number of benzene rings is 2. The number of hydrogen-bond acceptors (Lipinski definition) is 8. The Labute approximate surface area is 273 Å². The van der Waals surface area contributed by atoms with E-state index >= 15 is 0 Å². The Morgan fingerprint density at radius 3 is 2.62 bits per heavy atom. The molecule has 0 radical (unpaired) electrons. The molecule has 2 aromatic carbocycles. The number of nitriles is 1. The van der Waals surface area contributed by atoms with Crippen LogP contribution in [0.4, 0.5) is 24.7 Å². The number of rotatable bonds is 10. The molecule has 3 N–H and O–H groups in total. The topological polar surface area (TPSA) is 119 Å². The number of halogens is 3. The van der Waals surface area contributed by atoms with E-state index in [1.54, 1.807) is 24.3 Å². The van der Waals surface area contributed by atoms with Crippen LogP contribution in [0.5, 0.6) is 0 Å². The third-order valence-electron chi connectivity index (χ3n) is 8.27. The maximum atomic E-state index is 12.9. The van der Waals surface area contributed by atoms with Gasteiger partial charge in [0.1, 0.15) is 28.7 Å². The molecule has 1 aliphatic rings. The summed E-state index contributed by atoms with van der Waals surface area (Å²) in [6, 6.07) is 18.8. The zero-order valence-corrected chi connectivity index (χ0v) is 26.1. The zero-order valence-electron chi connectivity index (χ0n) is 25.3. The van der Waals surface area contributed by atoms with Gasteiger partial charge in [0.05, 0.1) is 24.5 Å². The van der Waals surface area contributed by atoms with E-state index in [4.69, 9.17) is 0 Å². The van der Waals surface area contributed by atoms with E-state index in [0.717, 1.165) is 60.3 Å². The summed E-state index contributed by atoms with van der Waals surface area (Å²) in [5.74, 6) is 0.252. The van der Waals surface area contributed by atoms with E-state index in [1.165, 1.54) is 18.5 Å². The number of aliphatic hydroxyl groups excluding tert-OH is 1. The Balaban J connectivity index is 1.07. The summed E-state index contributed by atoms with van der Waals surface area (Å²) in [6.07, 6.45) is -1.84. The highest BCUT2D eigenvalue weighted by Crippen LogP contribution is 2.33. The van der Waals surface area contributed by atoms with Gasteiger partial charge in [0.15, 0.2) is 0 Å². The van der Waals surface area contributed by atoms with Gasteiger partial charge in [0.2, 0.25) is 5.91 Å². The van der Waals surface area contributed by atoms with Gasteiger partial charge in [-0.05, 0) is 66.4 Å². The van der Waals surface area contributed by atoms with Crippen molar-refractivity contribution in [3.63, 3.8) is 0 Å². The molecule has 0 aliphatic carbocycles. The van der Waals surface area contributed by atoms with Crippen molar-refractivity contribution < 1.29 is 23.1 Å². The zero-order chi connectivity index (χ0) is 33.1. The molecule has 1 aliphatic heterocycles. The first-order chi connectivity index (χ1) is 22.6. The average molecular weight is 660 g/mol. The monoisotopic (exact) mass is 659 g/mol. The maximum Gasteiger partial charge on any atom is 0.393 e. The van der Waals surface area contributed by atoms with Gasteiger partial charge < -0.3 is 20.3 Å². The van der Waals surface area contributed by atoms with E-state index < -0.39 is 18.7 Å². The predicted octanol–water partition coefficient (Wildman–Crippen LogP) is 6.56. The molecular formula is C34H32F3N7O2S. The summed E-state index contributed by atoms with van der Waals surface area (Å²) in [7, 11) is 0. The Bertz CT molecular complexity index is 1950. The van der Waals surface area contributed by atoms with Crippen LogP contribution in [0.3, 0.4) is 0 Å². The first kappa shape index (κ1) is 32.2. The number of aromatic nitrogens is 3. The third kappa shape index (κ3) is 7.62. The SMILES string of the molecule is C=CC(=O)Nc1ccc(C(O)Cn2c(C#N)cc3cc(CN4CCC(Nc5ncnc6sc(CC(F)(F)F)cc56)CC4)ccc32)cc1. The van der Waals surface area contributed by atoms with Crippen LogP contribution in [0, 0.1) is 11.3 Å². The summed E-state index contributed by atoms with van der Waals surface area (Å²) in [5.41, 5.74) is 3.66. The second-order valence-electron chi connectivity index (χ2n) is 11.6. The fourth-order valence-corrected chi connectivity index (χ4v) is 6.99. The molecule has 47 heavy (non-hydrogen) atoms. The Morgan fingerprint density at radius 2 is 1.91 bits per heavy atom. The number of hydrogen-bond donors (Lipinski definition) is 3. The number of piperidine rings is 1. The fourth-order valence-electron chi connectivity index (χ4n) is 5.96. The first-order valence-electron chi connectivity index (χ1n) is 15.1. The number of alkyl halides is 3. The number of anilines is 2. The molecule has 1 fully saturated rings. The number of amides is 1. The minimum Gasteiger partial charge on any atom is -0.387 e. The van der Waals surface area contributed by atoms with Gasteiger partial charge >= 0.3 is 6.18 Å². The molecule has 4 heterocycles. The van der Waals surface area contributed by atoms with Crippen LogP contribution in [0.15, 0.2) is 73.6 Å². The van der Waals surface area contributed by atoms with Crippen molar-refractivity contribution in [1.29, 1.82) is 5.26 Å². The van der Waals surface area contributed by atoms with Crippen molar-refractivity contribution in [2.24, 2.45) is 0 Å². The summed E-state index contributed by atoms with van der Waals surface area (Å²) in [4.78, 5) is 23.1. The fraction of sp³-hybridized carbons (Fsp3) is 0.294. The maximum absolute atomic E-state index is 12.9. The van der Waals surface area contributed by atoms with Gasteiger partial charge in [0.25, 0.3) is 0 Å². The normalized spacial score (nSPS) is 15.0. The number of nitrogens with one attached hydrogen (secondary N) is 2. The molecule has 1 atom stereocenters. The van der Waals surface area contributed by atoms with Gasteiger partial charge in [-0.1, -0.05) is 24.8 Å². The summed E-state index contributed by atoms with van der Waals surface area (Å²) in [6.45, 7) is 6.03. The van der Waals surface area contributed by atoms with Crippen LogP contribution in [-0.2, 0) is 24.3 Å². The minimum atomic E-state index is -4.27. The van der Waals surface area contributed by atoms with Crippen molar-refractivity contribution >= 4 is 49.9 Å². The number of fused-ring (bicyclic) bond motifs is 2. The van der Waals surface area contributed by atoms with E-state index in [-0.39, 0.29) is 23.4 Å². The lowest BCUT2D eigenvalue weighted by atomic mass is 10.0. The van der Waals surface area contributed by atoms with Crippen LogP contribution >= 0.6 is 11.3 Å². The van der Waals surface area contributed by atoms with E-state index in [9.17, 15) is 28.3 Å². The first-order valence-corrected chi connectivity index (χ1v) is 15.9. The van der Waals surface area contributed by atoms with Gasteiger partial charge in [0, 0.05) is 47.1 Å². The van der Waals surface area contributed by atoms with Crippen molar-refractivity contribution in [2.45, 2.75) is 50.7 Å². The summed E-state index contributed by atoms with van der Waals surface area (Å²) >= 11 is 1.05. The highest BCUT2D eigenvalue weighted by atomic mass is 32.1. The van der Waals surface area contributed by atoms with E-state index in [2.05, 4.69) is 44.2 Å². The molecule has 242 valence electrons. The highest BCUT2D eigenvalue weighted by molar-refractivity contribution is 7.18. The van der Waals surface area contributed by atoms with Crippen molar-refractivity contribution in [1.82, 2.24) is 19.4 Å². The summed E-state index contributed by atoms with van der Waals surface area (Å²) in [5, 5.41) is 28.5. The van der Waals surface area contributed by atoms with Crippen LogP contribution in [0.2, 0.25) is 0 Å². The van der Waals surface area contributed by atoms with Crippen molar-refractivity contribution in [3.8, 4) is 6.07 Å². The molecular weight excluding hydrogens is 627 g/mol. The number of thiophene rings is 1. The summed E-state index contributed by atoms with van der Waals surface area (Å²) < 4.78 is 40.6. The smallest absolute Gasteiger partial charge is 0.387 e. The Hall–Kier alpha value is -4.77. The third-order valence-corrected chi connectivity index (χ3v) is 9.32. The van der Waals surface area contributed by atoms with Gasteiger partial charge in [-0.3, -0.25) is 9.69 Å². The second kappa shape index (κ2) is 13.5. The van der Waals surface area contributed by atoms with Crippen molar-refractivity contribution in [3.05, 3.63) is 95.3 Å². The van der Waals surface area contributed by atoms with Crippen molar-refractivity contribution in [2.75, 3.05) is 23.7 Å². The van der Waals surface area contributed by atoms with Crippen LogP contribution in [-0.4, -0.2) is 55.8 Å². The standard InChI is InChI=1S/C34H32F3N7O2S/c1-2-31(46)41-24-6-4-22(5-7-24)30(45)19-44-26(17-38)14-23-13-21(3-8-29(23)44)18-43-11-9-25(10-12-43)42-32-28-15-27(16-34(35,36)37)47-33(28)40-20-39-32/h2-8,13-15,20,25,30,45H,1,9-12,16,18-19H2,(H,41,46)(H,39,40,42). The van der Waals surface area contributed by atoms with Crippen LogP contribution in [0.1, 0.15) is 40.6 Å². The minimum absolute atomic E-state index is 0.138. The lowest BCUT2D eigenvalue weighted by molar-refractivity contribution is -0.126. The molecule has 6 rings (SSSR count). The average Bonchev–Trinajstić information content (AvgIpc) is 3.61. The lowest BCUT2D eigenvalue weighted by Gasteiger charge is -2.32. The second-order valence-corrected chi connectivity index (χ2v) is 12.7. The number of likely N-dealkylation sites (tertiary alicyclic amines) is 1. The Morgan fingerprint density at radius 1 is 1.15 bits per heavy atom. The van der Waals surface area contributed by atoms with Crippen LogP contribution < -0.4 is 10.6 Å². The number of nitrogens with zero attached hydrogens (tertiary/aromatic N) is 5. The molecule has 0 saturated carbocycles. The lowest BCUT2D eigenvalue weighted by Crippen LogP contribution is -2.38. The molecule has 13 heteroatoms. The Kier molecular flexibility index (Phi) is 9.26. The predicted molar refractivity (Wildman–Crippen MR) is 176 cm³/mol. The molecule has 5 aromatic rings.